The number of rotatable bonds is 9. The number of aliphatic hydroxyl groups is 1. The largest absolute Gasteiger partial charge is 0.461 e. The molecule has 2 bridgehead atoms. The summed E-state index contributed by atoms with van der Waals surface area (Å²) in [6.07, 6.45) is 7.06. The zero-order valence-corrected chi connectivity index (χ0v) is 28.7. The Labute approximate surface area is 280 Å². The SMILES string of the molecule is C=C[C@]1(C)C[C@@H](OC(=O)CSc2nc(NC(=O)CNC3CCOCC3)nc3nc[nH]c23)[C@@]2(C)C3C(=O)CC[C@@]3(CC[C@H]2C)[C@@H](C)[C@@H]1O. The third kappa shape index (κ3) is 6.13. The van der Waals surface area contributed by atoms with Crippen LogP contribution in [0.25, 0.3) is 11.2 Å². The Morgan fingerprint density at radius 1 is 1.21 bits per heavy atom. The molecule has 4 N–H and O–H groups in total. The van der Waals surface area contributed by atoms with Crippen molar-refractivity contribution in [3.05, 3.63) is 19.0 Å². The second kappa shape index (κ2) is 13.2. The second-order valence-corrected chi connectivity index (χ2v) is 15.6. The van der Waals surface area contributed by atoms with Crippen LogP contribution >= 0.6 is 11.8 Å². The van der Waals surface area contributed by atoms with Gasteiger partial charge in [0.2, 0.25) is 11.9 Å². The number of nitrogens with zero attached hydrogens (tertiary/aromatic N) is 3. The van der Waals surface area contributed by atoms with E-state index < -0.39 is 29.0 Å². The van der Waals surface area contributed by atoms with E-state index in [9.17, 15) is 19.5 Å². The van der Waals surface area contributed by atoms with E-state index in [0.717, 1.165) is 32.1 Å². The van der Waals surface area contributed by atoms with Crippen molar-refractivity contribution in [1.29, 1.82) is 0 Å². The summed E-state index contributed by atoms with van der Waals surface area (Å²) in [5, 5.41) is 18.2. The molecule has 6 rings (SSSR count). The van der Waals surface area contributed by atoms with Crippen molar-refractivity contribution in [2.75, 3.05) is 30.8 Å². The van der Waals surface area contributed by atoms with Crippen LogP contribution in [0.3, 0.4) is 0 Å². The second-order valence-electron chi connectivity index (χ2n) is 14.6. The number of imidazole rings is 1. The predicted octanol–water partition coefficient (Wildman–Crippen LogP) is 4.06. The Morgan fingerprint density at radius 3 is 2.72 bits per heavy atom. The lowest BCUT2D eigenvalue weighted by molar-refractivity contribution is -0.205. The molecule has 3 saturated carbocycles. The van der Waals surface area contributed by atoms with Gasteiger partial charge >= 0.3 is 5.97 Å². The Bertz CT molecular complexity index is 1530. The number of aromatic nitrogens is 4. The molecule has 8 atom stereocenters. The van der Waals surface area contributed by atoms with Crippen LogP contribution in [-0.4, -0.2) is 86.5 Å². The fourth-order valence-electron chi connectivity index (χ4n) is 9.10. The summed E-state index contributed by atoms with van der Waals surface area (Å²) >= 11 is 1.17. The summed E-state index contributed by atoms with van der Waals surface area (Å²) < 4.78 is 11.8. The minimum absolute atomic E-state index is 0.0572. The summed E-state index contributed by atoms with van der Waals surface area (Å²) in [4.78, 5) is 56.3. The molecule has 1 saturated heterocycles. The van der Waals surface area contributed by atoms with Crippen molar-refractivity contribution in [2.45, 2.75) is 95.9 Å². The lowest BCUT2D eigenvalue weighted by atomic mass is 9.44. The monoisotopic (exact) mass is 668 g/mol. The Hall–Kier alpha value is -2.87. The van der Waals surface area contributed by atoms with Crippen LogP contribution < -0.4 is 10.6 Å². The van der Waals surface area contributed by atoms with E-state index in [1.165, 1.54) is 18.1 Å². The maximum atomic E-state index is 13.7. The van der Waals surface area contributed by atoms with Gasteiger partial charge in [0, 0.05) is 42.4 Å². The molecule has 47 heavy (non-hydrogen) atoms. The van der Waals surface area contributed by atoms with Gasteiger partial charge in [0.1, 0.15) is 22.4 Å². The number of Topliss-reactive ketones (excluding diaryl/α,β-unsaturated/α-hetero) is 1. The highest BCUT2D eigenvalue weighted by Gasteiger charge is 2.68. The summed E-state index contributed by atoms with van der Waals surface area (Å²) in [5.74, 6) is -0.701. The first-order chi connectivity index (χ1) is 22.4. The van der Waals surface area contributed by atoms with Crippen LogP contribution in [0.2, 0.25) is 0 Å². The Kier molecular flexibility index (Phi) is 9.56. The molecule has 3 aliphatic carbocycles. The number of anilines is 1. The highest BCUT2D eigenvalue weighted by molar-refractivity contribution is 8.00. The van der Waals surface area contributed by atoms with Crippen LogP contribution in [0, 0.1) is 34.0 Å². The van der Waals surface area contributed by atoms with Gasteiger partial charge in [0.05, 0.1) is 24.7 Å². The van der Waals surface area contributed by atoms with Gasteiger partial charge in [-0.15, -0.1) is 6.58 Å². The number of nitrogens with one attached hydrogen (secondary N) is 3. The molecule has 13 heteroatoms. The minimum atomic E-state index is -0.725. The number of ether oxygens (including phenoxy) is 2. The molecule has 1 amide bonds. The molecule has 1 aliphatic heterocycles. The van der Waals surface area contributed by atoms with Crippen molar-refractivity contribution >= 4 is 46.5 Å². The molecule has 256 valence electrons. The van der Waals surface area contributed by atoms with E-state index >= 15 is 0 Å². The van der Waals surface area contributed by atoms with E-state index in [1.54, 1.807) is 6.08 Å². The molecule has 12 nitrogen and oxygen atoms in total. The van der Waals surface area contributed by atoms with Crippen molar-refractivity contribution in [2.24, 2.45) is 34.0 Å². The minimum Gasteiger partial charge on any atom is -0.461 e. The number of ketones is 1. The summed E-state index contributed by atoms with van der Waals surface area (Å²) in [6.45, 7) is 13.9. The number of esters is 1. The van der Waals surface area contributed by atoms with Crippen LogP contribution in [-0.2, 0) is 23.9 Å². The molecule has 4 aliphatic rings. The topological polar surface area (TPSA) is 168 Å². The van der Waals surface area contributed by atoms with E-state index in [-0.39, 0.29) is 59.1 Å². The van der Waals surface area contributed by atoms with Crippen molar-refractivity contribution in [3.8, 4) is 0 Å². The molecule has 0 spiro atoms. The maximum Gasteiger partial charge on any atom is 0.316 e. The van der Waals surface area contributed by atoms with Gasteiger partial charge in [0.15, 0.2) is 5.65 Å². The average molecular weight is 669 g/mol. The lowest BCUT2D eigenvalue weighted by Crippen LogP contribution is -2.63. The Morgan fingerprint density at radius 2 is 1.98 bits per heavy atom. The van der Waals surface area contributed by atoms with Crippen LogP contribution in [0.1, 0.15) is 72.6 Å². The van der Waals surface area contributed by atoms with Crippen molar-refractivity contribution in [3.63, 3.8) is 0 Å². The van der Waals surface area contributed by atoms with E-state index in [2.05, 4.69) is 57.9 Å². The third-order valence-corrected chi connectivity index (χ3v) is 13.1. The number of thioether (sulfide) groups is 1. The van der Waals surface area contributed by atoms with Gasteiger partial charge in [-0.05, 0) is 55.8 Å². The molecular formula is C34H48N6O6S. The highest BCUT2D eigenvalue weighted by atomic mass is 32.2. The first kappa shape index (κ1) is 34.0. The maximum absolute atomic E-state index is 13.7. The highest BCUT2D eigenvalue weighted by Crippen LogP contribution is 2.68. The average Bonchev–Trinajstić information content (AvgIpc) is 3.68. The number of hydrogen-bond donors (Lipinski definition) is 4. The summed E-state index contributed by atoms with van der Waals surface area (Å²) in [6, 6.07) is 0.220. The van der Waals surface area contributed by atoms with Crippen molar-refractivity contribution in [1.82, 2.24) is 25.3 Å². The number of amides is 1. The molecule has 1 unspecified atom stereocenters. The molecule has 0 radical (unpaired) electrons. The first-order valence-electron chi connectivity index (χ1n) is 16.9. The van der Waals surface area contributed by atoms with Gasteiger partial charge in [-0.1, -0.05) is 45.5 Å². The predicted molar refractivity (Wildman–Crippen MR) is 178 cm³/mol. The summed E-state index contributed by atoms with van der Waals surface area (Å²) in [5.41, 5.74) is -0.713. The van der Waals surface area contributed by atoms with E-state index in [4.69, 9.17) is 9.47 Å². The van der Waals surface area contributed by atoms with Gasteiger partial charge in [-0.2, -0.15) is 4.98 Å². The van der Waals surface area contributed by atoms with Gasteiger partial charge in [0.25, 0.3) is 0 Å². The van der Waals surface area contributed by atoms with Gasteiger partial charge < -0.3 is 24.9 Å². The van der Waals surface area contributed by atoms with Gasteiger partial charge in [-0.25, -0.2) is 9.97 Å². The van der Waals surface area contributed by atoms with E-state index in [1.807, 2.05) is 6.92 Å². The normalized spacial score (nSPS) is 35.9. The molecule has 3 heterocycles. The fraction of sp³-hybridized carbons (Fsp3) is 0.706. The molecule has 0 aromatic carbocycles. The lowest BCUT2D eigenvalue weighted by Gasteiger charge is -2.61. The number of aromatic amines is 1. The smallest absolute Gasteiger partial charge is 0.316 e. The van der Waals surface area contributed by atoms with Gasteiger partial charge in [-0.3, -0.25) is 19.7 Å². The summed E-state index contributed by atoms with van der Waals surface area (Å²) in [7, 11) is 0. The number of H-pyrrole nitrogens is 1. The zero-order chi connectivity index (χ0) is 33.6. The fourth-order valence-corrected chi connectivity index (χ4v) is 9.86. The number of fused-ring (bicyclic) bond motifs is 1. The third-order valence-electron chi connectivity index (χ3n) is 12.2. The molecule has 4 fully saturated rings. The van der Waals surface area contributed by atoms with Crippen LogP contribution in [0.4, 0.5) is 5.95 Å². The van der Waals surface area contributed by atoms with Crippen LogP contribution in [0.15, 0.2) is 24.0 Å². The number of aliphatic hydroxyl groups excluding tert-OH is 1. The quantitative estimate of drug-likeness (QED) is 0.132. The first-order valence-corrected chi connectivity index (χ1v) is 17.9. The zero-order valence-electron chi connectivity index (χ0n) is 27.8. The number of carbonyl (C=O) groups excluding carboxylic acids is 3. The number of carbonyl (C=O) groups is 3. The number of hydrogen-bond acceptors (Lipinski definition) is 11. The standard InChI is InChI=1S/C34H48N6O6S/c1-6-32(4)15-23(33(5)19(2)7-11-34(20(3)28(32)44)12-8-22(41)27(33)34)46-25(43)17-47-30-26-29(37-18-36-26)39-31(40-30)38-24(42)16-35-21-9-13-45-14-10-21/h6,18-21,23,27-28,35,44H,1,7-17H2,2-5H3,(H2,36,37,38,39,40,42)/t19-,20+,23-,27?,28+,32-,33+,34+/m1/s1. The molecule has 2 aromatic rings. The Balaban J connectivity index is 1.19. The molecule has 2 aromatic heterocycles. The van der Waals surface area contributed by atoms with E-state index in [0.29, 0.717) is 42.2 Å². The van der Waals surface area contributed by atoms with Crippen LogP contribution in [0.5, 0.6) is 0 Å². The van der Waals surface area contributed by atoms with Crippen molar-refractivity contribution < 1.29 is 29.0 Å². The molecular weight excluding hydrogens is 620 g/mol.